The predicted octanol–water partition coefficient (Wildman–Crippen LogP) is 0.561. The van der Waals surface area contributed by atoms with Crippen LogP contribution in [-0.4, -0.2) is 41.3 Å². The van der Waals surface area contributed by atoms with Gasteiger partial charge in [0.15, 0.2) is 0 Å². The molecule has 2 aliphatic rings. The number of carbonyl (C=O) groups excluding carboxylic acids is 1. The number of likely N-dealkylation sites (tertiary alicyclic amines) is 1. The molecule has 2 fully saturated rings. The van der Waals surface area contributed by atoms with Crippen molar-refractivity contribution in [1.82, 2.24) is 10.2 Å². The number of aliphatic hydroxyl groups is 1. The Balaban J connectivity index is 2.06. The van der Waals surface area contributed by atoms with Crippen molar-refractivity contribution in [2.24, 2.45) is 5.92 Å². The average Bonchev–Trinajstić information content (AvgIpc) is 2.76. The maximum absolute atomic E-state index is 11.7. The summed E-state index contributed by atoms with van der Waals surface area (Å²) in [6.45, 7) is 2.68. The van der Waals surface area contributed by atoms with Crippen molar-refractivity contribution in [1.29, 1.82) is 0 Å². The Morgan fingerprint density at radius 1 is 1.57 bits per heavy atom. The van der Waals surface area contributed by atoms with E-state index in [0.717, 1.165) is 12.8 Å². The van der Waals surface area contributed by atoms with E-state index in [2.05, 4.69) is 5.32 Å². The molecule has 2 amide bonds. The third-order valence-corrected chi connectivity index (χ3v) is 3.49. The van der Waals surface area contributed by atoms with Crippen LogP contribution >= 0.6 is 0 Å². The van der Waals surface area contributed by atoms with E-state index in [1.165, 1.54) is 6.42 Å². The van der Waals surface area contributed by atoms with Crippen molar-refractivity contribution in [3.8, 4) is 0 Å². The molecule has 4 nitrogen and oxygen atoms in total. The fourth-order valence-electron chi connectivity index (χ4n) is 2.89. The van der Waals surface area contributed by atoms with E-state index in [9.17, 15) is 9.90 Å². The molecule has 1 saturated heterocycles. The predicted molar refractivity (Wildman–Crippen MR) is 52.9 cm³/mol. The van der Waals surface area contributed by atoms with Crippen molar-refractivity contribution in [2.75, 3.05) is 13.2 Å². The molecular weight excluding hydrogens is 180 g/mol. The molecule has 80 valence electrons. The highest BCUT2D eigenvalue weighted by atomic mass is 16.3. The number of rotatable bonds is 2. The van der Waals surface area contributed by atoms with Gasteiger partial charge < -0.3 is 15.3 Å². The number of urea groups is 1. The van der Waals surface area contributed by atoms with Crippen LogP contribution in [0.4, 0.5) is 4.79 Å². The van der Waals surface area contributed by atoms with Crippen molar-refractivity contribution < 1.29 is 9.90 Å². The van der Waals surface area contributed by atoms with E-state index >= 15 is 0 Å². The summed E-state index contributed by atoms with van der Waals surface area (Å²) in [5, 5.41) is 12.1. The van der Waals surface area contributed by atoms with Crippen molar-refractivity contribution >= 4 is 6.03 Å². The van der Waals surface area contributed by atoms with Gasteiger partial charge in [-0.2, -0.15) is 0 Å². The van der Waals surface area contributed by atoms with Gasteiger partial charge in [0.2, 0.25) is 0 Å². The highest BCUT2D eigenvalue weighted by Gasteiger charge is 2.47. The van der Waals surface area contributed by atoms with E-state index in [-0.39, 0.29) is 18.7 Å². The second kappa shape index (κ2) is 3.77. The minimum Gasteiger partial charge on any atom is -0.394 e. The average molecular weight is 198 g/mol. The summed E-state index contributed by atoms with van der Waals surface area (Å²) < 4.78 is 0. The summed E-state index contributed by atoms with van der Waals surface area (Å²) in [6.07, 6.45) is 3.37. The number of hydrogen-bond acceptors (Lipinski definition) is 2. The first-order chi connectivity index (χ1) is 6.77. The van der Waals surface area contributed by atoms with Gasteiger partial charge in [0.25, 0.3) is 0 Å². The molecule has 14 heavy (non-hydrogen) atoms. The number of fused-ring (bicyclic) bond motifs is 2. The van der Waals surface area contributed by atoms with Crippen LogP contribution in [0, 0.1) is 5.92 Å². The molecule has 0 aromatic rings. The van der Waals surface area contributed by atoms with E-state index in [1.807, 2.05) is 11.8 Å². The van der Waals surface area contributed by atoms with E-state index in [1.54, 1.807) is 0 Å². The van der Waals surface area contributed by atoms with Gasteiger partial charge in [-0.15, -0.1) is 0 Å². The number of nitrogens with one attached hydrogen (secondary N) is 1. The Hall–Kier alpha value is -0.770. The molecule has 2 bridgehead atoms. The van der Waals surface area contributed by atoms with Gasteiger partial charge in [0.05, 0.1) is 12.6 Å². The maximum atomic E-state index is 11.7. The first-order valence-electron chi connectivity index (χ1n) is 5.45. The molecule has 3 atom stereocenters. The molecule has 1 aliphatic carbocycles. The van der Waals surface area contributed by atoms with Gasteiger partial charge in [-0.25, -0.2) is 4.79 Å². The van der Waals surface area contributed by atoms with Crippen molar-refractivity contribution in [3.63, 3.8) is 0 Å². The van der Waals surface area contributed by atoms with Crippen LogP contribution in [0.2, 0.25) is 0 Å². The molecule has 1 saturated carbocycles. The zero-order valence-electron chi connectivity index (χ0n) is 8.57. The number of hydrogen-bond donors (Lipinski definition) is 2. The lowest BCUT2D eigenvalue weighted by molar-refractivity contribution is 0.103. The van der Waals surface area contributed by atoms with Crippen LogP contribution in [0.5, 0.6) is 0 Å². The Morgan fingerprint density at radius 2 is 2.36 bits per heavy atom. The van der Waals surface area contributed by atoms with Gasteiger partial charge >= 0.3 is 6.03 Å². The molecule has 2 rings (SSSR count). The molecule has 2 N–H and O–H groups in total. The lowest BCUT2D eigenvalue weighted by Crippen LogP contribution is -2.51. The highest BCUT2D eigenvalue weighted by Crippen LogP contribution is 2.41. The Kier molecular flexibility index (Phi) is 2.63. The molecule has 0 aromatic heterocycles. The SMILES string of the molecule is CCNC(=O)N1C2CCC(C2)C1CO. The quantitative estimate of drug-likeness (QED) is 0.681. The second-order valence-corrected chi connectivity index (χ2v) is 4.22. The van der Waals surface area contributed by atoms with Gasteiger partial charge in [-0.3, -0.25) is 0 Å². The smallest absolute Gasteiger partial charge is 0.317 e. The summed E-state index contributed by atoms with van der Waals surface area (Å²) >= 11 is 0. The number of carbonyl (C=O) groups is 1. The number of amides is 2. The van der Waals surface area contributed by atoms with Gasteiger partial charge in [0.1, 0.15) is 0 Å². The van der Waals surface area contributed by atoms with Gasteiger partial charge in [-0.05, 0) is 32.1 Å². The first kappa shape index (κ1) is 9.77. The largest absolute Gasteiger partial charge is 0.394 e. The molecule has 0 radical (unpaired) electrons. The van der Waals surface area contributed by atoms with Crippen molar-refractivity contribution in [3.05, 3.63) is 0 Å². The maximum Gasteiger partial charge on any atom is 0.317 e. The minimum absolute atomic E-state index is 0.00116. The summed E-state index contributed by atoms with van der Waals surface area (Å²) in [5.41, 5.74) is 0. The standard InChI is InChI=1S/C10H18N2O2/c1-2-11-10(14)12-8-4-3-7(5-8)9(12)6-13/h7-9,13H,2-6H2,1H3,(H,11,14). The Bertz CT molecular complexity index is 232. The third kappa shape index (κ3) is 1.38. The summed E-state index contributed by atoms with van der Waals surface area (Å²) in [6, 6.07) is 0.447. The Labute approximate surface area is 84.3 Å². The van der Waals surface area contributed by atoms with Gasteiger partial charge in [-0.1, -0.05) is 0 Å². The van der Waals surface area contributed by atoms with Crippen LogP contribution in [0.25, 0.3) is 0 Å². The van der Waals surface area contributed by atoms with Gasteiger partial charge in [0, 0.05) is 12.6 Å². The monoisotopic (exact) mass is 198 g/mol. The molecule has 4 heteroatoms. The zero-order valence-corrected chi connectivity index (χ0v) is 8.57. The fraction of sp³-hybridized carbons (Fsp3) is 0.900. The lowest BCUT2D eigenvalue weighted by atomic mass is 10.00. The zero-order chi connectivity index (χ0) is 10.1. The highest BCUT2D eigenvalue weighted by molar-refractivity contribution is 5.75. The summed E-state index contributed by atoms with van der Waals surface area (Å²) in [7, 11) is 0. The normalized spacial score (nSPS) is 35.0. The van der Waals surface area contributed by atoms with Crippen LogP contribution in [0.3, 0.4) is 0 Å². The van der Waals surface area contributed by atoms with Crippen LogP contribution in [-0.2, 0) is 0 Å². The number of nitrogens with zero attached hydrogens (tertiary/aromatic N) is 1. The van der Waals surface area contributed by atoms with Crippen LogP contribution in [0.15, 0.2) is 0 Å². The number of piperidine rings is 1. The van der Waals surface area contributed by atoms with Crippen LogP contribution < -0.4 is 5.32 Å². The summed E-state index contributed by atoms with van der Waals surface area (Å²) in [4.78, 5) is 13.6. The van der Waals surface area contributed by atoms with Crippen LogP contribution in [0.1, 0.15) is 26.2 Å². The molecular formula is C10H18N2O2. The van der Waals surface area contributed by atoms with Crippen molar-refractivity contribution in [2.45, 2.75) is 38.3 Å². The Morgan fingerprint density at radius 3 is 3.00 bits per heavy atom. The minimum atomic E-state index is -0.00116. The molecule has 0 spiro atoms. The lowest BCUT2D eigenvalue weighted by Gasteiger charge is -2.34. The fourth-order valence-corrected chi connectivity index (χ4v) is 2.89. The van der Waals surface area contributed by atoms with E-state index < -0.39 is 0 Å². The number of aliphatic hydroxyl groups excluding tert-OH is 1. The molecule has 1 heterocycles. The third-order valence-electron chi connectivity index (χ3n) is 3.49. The first-order valence-corrected chi connectivity index (χ1v) is 5.45. The molecule has 0 aromatic carbocycles. The summed E-state index contributed by atoms with van der Waals surface area (Å²) in [5.74, 6) is 0.535. The van der Waals surface area contributed by atoms with E-state index in [4.69, 9.17) is 0 Å². The topological polar surface area (TPSA) is 52.6 Å². The van der Waals surface area contributed by atoms with E-state index in [0.29, 0.717) is 18.5 Å². The molecule has 3 unspecified atom stereocenters. The molecule has 1 aliphatic heterocycles. The second-order valence-electron chi connectivity index (χ2n) is 4.22.